The zero-order chi connectivity index (χ0) is 17.6. The Balaban J connectivity index is 2.12. The molecule has 2 rings (SSSR count). The first kappa shape index (κ1) is 18.4. The molecular weight excluding hydrogens is 304 g/mol. The molecule has 0 saturated heterocycles. The molecule has 0 amide bonds. The third-order valence-electron chi connectivity index (χ3n) is 4.75. The predicted octanol–water partition coefficient (Wildman–Crippen LogP) is 3.86. The highest BCUT2D eigenvalue weighted by atomic mass is 16.5. The number of nitrogens with zero attached hydrogens (tertiary/aromatic N) is 3. The van der Waals surface area contributed by atoms with E-state index in [1.54, 1.807) is 6.20 Å². The maximum Gasteiger partial charge on any atom is 0.258 e. The fourth-order valence-electron chi connectivity index (χ4n) is 2.70. The molecule has 0 atom stereocenters. The smallest absolute Gasteiger partial charge is 0.258 e. The molecule has 0 aliphatic rings. The molecule has 2 N–H and O–H groups in total. The minimum atomic E-state index is 0.0851. The lowest BCUT2D eigenvalue weighted by molar-refractivity contribution is 0.179. The molecule has 2 heterocycles. The summed E-state index contributed by atoms with van der Waals surface area (Å²) in [6.07, 6.45) is 4.55. The third kappa shape index (κ3) is 4.32. The molecule has 0 fully saturated rings. The average molecular weight is 332 g/mol. The van der Waals surface area contributed by atoms with Crippen molar-refractivity contribution >= 4 is 5.82 Å². The number of rotatable bonds is 9. The maximum absolute atomic E-state index is 9.33. The lowest BCUT2D eigenvalue weighted by Gasteiger charge is -2.31. The molecule has 132 valence electrons. The lowest BCUT2D eigenvalue weighted by atomic mass is 9.79. The zero-order valence-electron chi connectivity index (χ0n) is 15.0. The normalized spacial score (nSPS) is 11.9. The summed E-state index contributed by atoms with van der Waals surface area (Å²) in [5, 5.41) is 16.7. The monoisotopic (exact) mass is 332 g/mol. The molecule has 2 aromatic heterocycles. The van der Waals surface area contributed by atoms with Gasteiger partial charge in [0.1, 0.15) is 5.82 Å². The van der Waals surface area contributed by atoms with E-state index in [0.29, 0.717) is 11.7 Å². The Hall–Kier alpha value is -1.95. The molecule has 0 unspecified atom stereocenters. The molecular formula is C18H28N4O2. The molecule has 0 spiro atoms. The van der Waals surface area contributed by atoms with Gasteiger partial charge < -0.3 is 14.9 Å². The van der Waals surface area contributed by atoms with Gasteiger partial charge in [0, 0.05) is 30.8 Å². The Labute approximate surface area is 143 Å². The van der Waals surface area contributed by atoms with Gasteiger partial charge in [-0.2, -0.15) is 4.98 Å². The summed E-state index contributed by atoms with van der Waals surface area (Å²) in [6, 6.07) is 3.79. The van der Waals surface area contributed by atoms with E-state index >= 15 is 0 Å². The largest absolute Gasteiger partial charge is 0.396 e. The van der Waals surface area contributed by atoms with Crippen molar-refractivity contribution in [3.63, 3.8) is 0 Å². The zero-order valence-corrected chi connectivity index (χ0v) is 15.0. The Morgan fingerprint density at radius 3 is 2.62 bits per heavy atom. The second-order valence-electron chi connectivity index (χ2n) is 6.58. The fraction of sp³-hybridized carbons (Fsp3) is 0.611. The van der Waals surface area contributed by atoms with Crippen LogP contribution in [-0.4, -0.2) is 33.4 Å². The van der Waals surface area contributed by atoms with E-state index in [2.05, 4.69) is 34.3 Å². The van der Waals surface area contributed by atoms with Crippen LogP contribution >= 0.6 is 0 Å². The van der Waals surface area contributed by atoms with Crippen LogP contribution in [0.15, 0.2) is 22.9 Å². The van der Waals surface area contributed by atoms with Crippen LogP contribution < -0.4 is 5.32 Å². The molecule has 0 saturated carbocycles. The van der Waals surface area contributed by atoms with Crippen LogP contribution in [0.25, 0.3) is 11.5 Å². The summed E-state index contributed by atoms with van der Waals surface area (Å²) in [6.45, 7) is 9.37. The summed E-state index contributed by atoms with van der Waals surface area (Å²) < 4.78 is 5.34. The van der Waals surface area contributed by atoms with Gasteiger partial charge in [-0.1, -0.05) is 32.9 Å². The van der Waals surface area contributed by atoms with Crippen LogP contribution in [0.1, 0.15) is 58.7 Å². The summed E-state index contributed by atoms with van der Waals surface area (Å²) in [5.41, 5.74) is 0.939. The van der Waals surface area contributed by atoms with Gasteiger partial charge >= 0.3 is 0 Å². The number of hydrogen-bond acceptors (Lipinski definition) is 6. The van der Waals surface area contributed by atoms with Crippen LogP contribution in [0.4, 0.5) is 5.82 Å². The maximum atomic E-state index is 9.33. The summed E-state index contributed by atoms with van der Waals surface area (Å²) in [7, 11) is 0. The van der Waals surface area contributed by atoms with Gasteiger partial charge in [0.05, 0.1) is 0 Å². The van der Waals surface area contributed by atoms with E-state index in [1.807, 2.05) is 26.0 Å². The molecule has 0 aliphatic carbocycles. The topological polar surface area (TPSA) is 84.1 Å². The minimum absolute atomic E-state index is 0.0851. The van der Waals surface area contributed by atoms with Crippen LogP contribution in [0.5, 0.6) is 0 Å². The van der Waals surface area contributed by atoms with Crippen molar-refractivity contribution in [1.29, 1.82) is 0 Å². The summed E-state index contributed by atoms with van der Waals surface area (Å²) in [5.74, 6) is 2.23. The molecule has 6 heteroatoms. The average Bonchev–Trinajstić information content (AvgIpc) is 3.09. The molecule has 0 aromatic carbocycles. The van der Waals surface area contributed by atoms with Gasteiger partial charge in [0.25, 0.3) is 5.89 Å². The number of anilines is 1. The minimum Gasteiger partial charge on any atom is -0.396 e. The Morgan fingerprint density at radius 1 is 1.29 bits per heavy atom. The number of aliphatic hydroxyl groups is 1. The third-order valence-corrected chi connectivity index (χ3v) is 4.75. The molecule has 24 heavy (non-hydrogen) atoms. The lowest BCUT2D eigenvalue weighted by Crippen LogP contribution is -2.30. The van der Waals surface area contributed by atoms with Crippen molar-refractivity contribution in [1.82, 2.24) is 15.1 Å². The highest BCUT2D eigenvalue weighted by molar-refractivity contribution is 5.57. The van der Waals surface area contributed by atoms with Crippen molar-refractivity contribution in [2.45, 2.75) is 52.9 Å². The van der Waals surface area contributed by atoms with Gasteiger partial charge in [-0.3, -0.25) is 0 Å². The molecule has 2 aromatic rings. The van der Waals surface area contributed by atoms with Crippen molar-refractivity contribution in [3.8, 4) is 11.5 Å². The molecule has 0 aliphatic heterocycles. The highest BCUT2D eigenvalue weighted by Crippen LogP contribution is 2.31. The predicted molar refractivity (Wildman–Crippen MR) is 94.8 cm³/mol. The van der Waals surface area contributed by atoms with Crippen LogP contribution in [0, 0.1) is 5.41 Å². The molecule has 6 nitrogen and oxygen atoms in total. The fourth-order valence-corrected chi connectivity index (χ4v) is 2.70. The number of aliphatic hydroxyl groups excluding tert-OH is 1. The van der Waals surface area contributed by atoms with Crippen molar-refractivity contribution < 1.29 is 9.63 Å². The number of aromatic nitrogens is 3. The first-order valence-electron chi connectivity index (χ1n) is 8.68. The van der Waals surface area contributed by atoms with Gasteiger partial charge in [0.2, 0.25) is 0 Å². The van der Waals surface area contributed by atoms with Crippen LogP contribution in [0.3, 0.4) is 0 Å². The second kappa shape index (κ2) is 8.24. The molecule has 0 radical (unpaired) electrons. The van der Waals surface area contributed by atoms with E-state index in [1.165, 1.54) is 0 Å². The number of pyridine rings is 1. The summed E-state index contributed by atoms with van der Waals surface area (Å²) >= 11 is 0. The van der Waals surface area contributed by atoms with E-state index < -0.39 is 0 Å². The first-order chi connectivity index (χ1) is 11.5. The Bertz CT molecular complexity index is 635. The van der Waals surface area contributed by atoms with Crippen LogP contribution in [0.2, 0.25) is 0 Å². The standard InChI is InChI=1S/C18H28N4O2/c1-5-18(6-2,8-10-23)12-20-15-11-14(7-9-19-15)17-21-16(13(3)4)22-24-17/h7,9,11,13,23H,5-6,8,10,12H2,1-4H3,(H,19,20). The van der Waals surface area contributed by atoms with Crippen molar-refractivity contribution in [2.24, 2.45) is 5.41 Å². The van der Waals surface area contributed by atoms with E-state index in [4.69, 9.17) is 4.52 Å². The van der Waals surface area contributed by atoms with E-state index in [9.17, 15) is 5.11 Å². The van der Waals surface area contributed by atoms with Gasteiger partial charge in [0.15, 0.2) is 5.82 Å². The van der Waals surface area contributed by atoms with Gasteiger partial charge in [-0.05, 0) is 36.8 Å². The van der Waals surface area contributed by atoms with Crippen molar-refractivity contribution in [2.75, 3.05) is 18.5 Å². The number of nitrogens with one attached hydrogen (secondary N) is 1. The van der Waals surface area contributed by atoms with Gasteiger partial charge in [-0.25, -0.2) is 4.98 Å². The SMILES string of the molecule is CCC(CC)(CCO)CNc1cc(-c2nc(C(C)C)no2)ccn1. The Kier molecular flexibility index (Phi) is 6.31. The first-order valence-corrected chi connectivity index (χ1v) is 8.68. The number of hydrogen-bond donors (Lipinski definition) is 2. The molecule has 0 bridgehead atoms. The van der Waals surface area contributed by atoms with Crippen LogP contribution in [-0.2, 0) is 0 Å². The van der Waals surface area contributed by atoms with Crippen molar-refractivity contribution in [3.05, 3.63) is 24.2 Å². The van der Waals surface area contributed by atoms with E-state index in [-0.39, 0.29) is 17.9 Å². The summed E-state index contributed by atoms with van der Waals surface area (Å²) in [4.78, 5) is 8.80. The quantitative estimate of drug-likeness (QED) is 0.725. The van der Waals surface area contributed by atoms with Gasteiger partial charge in [-0.15, -0.1) is 0 Å². The Morgan fingerprint density at radius 2 is 2.04 bits per heavy atom. The van der Waals surface area contributed by atoms with E-state index in [0.717, 1.165) is 37.2 Å². The second-order valence-corrected chi connectivity index (χ2v) is 6.58. The highest BCUT2D eigenvalue weighted by Gasteiger charge is 2.25.